The van der Waals surface area contributed by atoms with Gasteiger partial charge in [0.1, 0.15) is 17.3 Å². The van der Waals surface area contributed by atoms with E-state index in [1.54, 1.807) is 0 Å². The van der Waals surface area contributed by atoms with Crippen molar-refractivity contribution in [2.45, 2.75) is 18.8 Å². The first-order valence-electron chi connectivity index (χ1n) is 11.7. The molecule has 1 N–H and O–H groups in total. The van der Waals surface area contributed by atoms with Gasteiger partial charge in [-0.25, -0.2) is 0 Å². The number of furan rings is 1. The minimum absolute atomic E-state index is 0.215. The molecule has 6 rings (SSSR count). The molecule has 0 bridgehead atoms. The summed E-state index contributed by atoms with van der Waals surface area (Å²) in [7, 11) is 0. The van der Waals surface area contributed by atoms with Gasteiger partial charge in [0.25, 0.3) is 0 Å². The van der Waals surface area contributed by atoms with Crippen LogP contribution in [-0.4, -0.2) is 16.9 Å². The van der Waals surface area contributed by atoms with Gasteiger partial charge in [0, 0.05) is 22.9 Å². The predicted molar refractivity (Wildman–Crippen MR) is 136 cm³/mol. The van der Waals surface area contributed by atoms with E-state index in [9.17, 15) is 14.7 Å². The van der Waals surface area contributed by atoms with E-state index in [0.29, 0.717) is 23.3 Å². The number of carbonyl (C=O) groups excluding carboxylic acids is 1. The van der Waals surface area contributed by atoms with Gasteiger partial charge >= 0.3 is 5.97 Å². The van der Waals surface area contributed by atoms with E-state index in [1.165, 1.54) is 0 Å². The summed E-state index contributed by atoms with van der Waals surface area (Å²) in [6.07, 6.45) is 1.38. The lowest BCUT2D eigenvalue weighted by molar-refractivity contribution is -0.138. The number of ketones is 1. The summed E-state index contributed by atoms with van der Waals surface area (Å²) in [5.41, 5.74) is 7.07. The highest BCUT2D eigenvalue weighted by molar-refractivity contribution is 6.01. The van der Waals surface area contributed by atoms with Crippen molar-refractivity contribution in [1.82, 2.24) is 0 Å². The number of hydrogen-bond donors (Lipinski definition) is 1. The first-order chi connectivity index (χ1) is 17.1. The van der Waals surface area contributed by atoms with Gasteiger partial charge in [-0.1, -0.05) is 91.0 Å². The van der Waals surface area contributed by atoms with Crippen molar-refractivity contribution in [3.8, 4) is 22.3 Å². The van der Waals surface area contributed by atoms with Crippen LogP contribution in [0.5, 0.6) is 0 Å². The zero-order valence-electron chi connectivity index (χ0n) is 18.9. The molecule has 0 amide bonds. The van der Waals surface area contributed by atoms with E-state index < -0.39 is 11.9 Å². The largest absolute Gasteiger partial charge is 0.480 e. The quantitative estimate of drug-likeness (QED) is 0.305. The molecule has 0 saturated carbocycles. The van der Waals surface area contributed by atoms with Crippen LogP contribution in [0.15, 0.2) is 101 Å². The van der Waals surface area contributed by atoms with Crippen LogP contribution in [0.2, 0.25) is 0 Å². The number of carbonyl (C=O) groups is 2. The first-order valence-corrected chi connectivity index (χ1v) is 11.7. The Hall–Kier alpha value is -4.44. The first kappa shape index (κ1) is 21.1. The summed E-state index contributed by atoms with van der Waals surface area (Å²) < 4.78 is 6.19. The molecule has 0 aliphatic heterocycles. The number of aliphatic carboxylic acids is 1. The summed E-state index contributed by atoms with van der Waals surface area (Å²) in [5.74, 6) is -1.24. The maximum absolute atomic E-state index is 12.4. The molecule has 4 aromatic carbocycles. The molecule has 1 atom stereocenters. The highest BCUT2D eigenvalue weighted by Gasteiger charge is 2.30. The molecular weight excluding hydrogens is 436 g/mol. The van der Waals surface area contributed by atoms with E-state index in [-0.39, 0.29) is 5.78 Å². The fourth-order valence-electron chi connectivity index (χ4n) is 5.08. The predicted octanol–water partition coefficient (Wildman–Crippen LogP) is 7.11. The average Bonchev–Trinajstić information content (AvgIpc) is 3.45. The number of aryl methyl sites for hydroxylation is 1. The molecule has 35 heavy (non-hydrogen) atoms. The minimum Gasteiger partial charge on any atom is -0.480 e. The lowest BCUT2D eigenvalue weighted by atomic mass is 9.90. The number of rotatable bonds is 5. The van der Waals surface area contributed by atoms with Crippen LogP contribution in [0.3, 0.4) is 0 Å². The van der Waals surface area contributed by atoms with Crippen LogP contribution in [0.25, 0.3) is 33.2 Å². The Morgan fingerprint density at radius 1 is 0.771 bits per heavy atom. The maximum atomic E-state index is 12.4. The van der Waals surface area contributed by atoms with Crippen molar-refractivity contribution in [3.63, 3.8) is 0 Å². The van der Waals surface area contributed by atoms with Crippen LogP contribution < -0.4 is 0 Å². The molecule has 1 aromatic heterocycles. The van der Waals surface area contributed by atoms with Crippen molar-refractivity contribution >= 4 is 22.7 Å². The summed E-state index contributed by atoms with van der Waals surface area (Å²) in [4.78, 5) is 24.4. The van der Waals surface area contributed by atoms with Gasteiger partial charge in [-0.3, -0.25) is 9.59 Å². The Kier molecular flexibility index (Phi) is 5.07. The summed E-state index contributed by atoms with van der Waals surface area (Å²) in [5, 5.41) is 11.1. The zero-order valence-corrected chi connectivity index (χ0v) is 18.9. The zero-order chi connectivity index (χ0) is 23.9. The van der Waals surface area contributed by atoms with Gasteiger partial charge in [0.05, 0.1) is 0 Å². The van der Waals surface area contributed by atoms with E-state index >= 15 is 0 Å². The van der Waals surface area contributed by atoms with Crippen molar-refractivity contribution in [3.05, 3.63) is 120 Å². The SMILES string of the molecule is O=C1CCc2cc(-c3ccc(-c4c(C(C(=O)O)c5ccccc5)oc5ccccc45)cc3)ccc21. The topological polar surface area (TPSA) is 67.5 Å². The number of para-hydroxylation sites is 1. The Balaban J connectivity index is 1.47. The highest BCUT2D eigenvalue weighted by atomic mass is 16.4. The van der Waals surface area contributed by atoms with E-state index in [1.807, 2.05) is 91.0 Å². The van der Waals surface area contributed by atoms with Gasteiger partial charge < -0.3 is 9.52 Å². The molecule has 4 nitrogen and oxygen atoms in total. The molecule has 1 unspecified atom stereocenters. The minimum atomic E-state index is -0.958. The molecular formula is C31H22O4. The van der Waals surface area contributed by atoms with Crippen LogP contribution in [-0.2, 0) is 11.2 Å². The van der Waals surface area contributed by atoms with Gasteiger partial charge in [-0.2, -0.15) is 0 Å². The van der Waals surface area contributed by atoms with Crippen molar-refractivity contribution in [1.29, 1.82) is 0 Å². The Labute approximate surface area is 202 Å². The molecule has 0 fully saturated rings. The molecule has 0 spiro atoms. The standard InChI is InChI=1S/C31H22O4/c32-26-17-15-23-18-22(14-16-24(23)26)19-10-12-21(13-11-19)28-25-8-4-5-9-27(25)35-30(28)29(31(33)34)20-6-2-1-3-7-20/h1-14,16,18,29H,15,17H2,(H,33,34). The lowest BCUT2D eigenvalue weighted by Gasteiger charge is -2.13. The third kappa shape index (κ3) is 3.64. The van der Waals surface area contributed by atoms with Crippen molar-refractivity contribution in [2.24, 2.45) is 0 Å². The number of carboxylic acids is 1. The van der Waals surface area contributed by atoms with E-state index in [2.05, 4.69) is 6.07 Å². The van der Waals surface area contributed by atoms with E-state index in [4.69, 9.17) is 4.42 Å². The summed E-state index contributed by atoms with van der Waals surface area (Å²) in [6.45, 7) is 0. The number of hydrogen-bond acceptors (Lipinski definition) is 3. The number of Topliss-reactive ketones (excluding diaryl/α,β-unsaturated/α-hetero) is 1. The number of fused-ring (bicyclic) bond motifs is 2. The van der Waals surface area contributed by atoms with Crippen molar-refractivity contribution in [2.75, 3.05) is 0 Å². The van der Waals surface area contributed by atoms with Crippen molar-refractivity contribution < 1.29 is 19.1 Å². The van der Waals surface area contributed by atoms with Crippen LogP contribution in [0.1, 0.15) is 39.6 Å². The molecule has 5 aromatic rings. The molecule has 4 heteroatoms. The second-order valence-corrected chi connectivity index (χ2v) is 8.89. The number of benzene rings is 4. The fraction of sp³-hybridized carbons (Fsp3) is 0.0968. The third-order valence-electron chi connectivity index (χ3n) is 6.80. The lowest BCUT2D eigenvalue weighted by Crippen LogP contribution is -2.13. The van der Waals surface area contributed by atoms with Gasteiger partial charge in [0.2, 0.25) is 0 Å². The Morgan fingerprint density at radius 3 is 2.23 bits per heavy atom. The molecule has 170 valence electrons. The smallest absolute Gasteiger partial charge is 0.318 e. The third-order valence-corrected chi connectivity index (χ3v) is 6.80. The molecule has 0 saturated heterocycles. The number of carboxylic acid groups (broad SMARTS) is 1. The highest BCUT2D eigenvalue weighted by Crippen LogP contribution is 2.41. The second kappa shape index (κ2) is 8.41. The van der Waals surface area contributed by atoms with Crippen LogP contribution in [0, 0.1) is 0 Å². The maximum Gasteiger partial charge on any atom is 0.318 e. The summed E-state index contributed by atoms with van der Waals surface area (Å²) in [6, 6.07) is 31.0. The molecule has 1 aliphatic rings. The molecule has 1 heterocycles. The Bertz CT molecular complexity index is 1580. The van der Waals surface area contributed by atoms with Gasteiger partial charge in [0.15, 0.2) is 5.78 Å². The molecule has 1 aliphatic carbocycles. The monoisotopic (exact) mass is 458 g/mol. The Morgan fingerprint density at radius 2 is 1.46 bits per heavy atom. The average molecular weight is 459 g/mol. The summed E-state index contributed by atoms with van der Waals surface area (Å²) >= 11 is 0. The molecule has 0 radical (unpaired) electrons. The van der Waals surface area contributed by atoms with Gasteiger partial charge in [-0.15, -0.1) is 0 Å². The fourth-order valence-corrected chi connectivity index (χ4v) is 5.08. The normalized spacial score (nSPS) is 13.7. The van der Waals surface area contributed by atoms with Crippen LogP contribution in [0.4, 0.5) is 0 Å². The van der Waals surface area contributed by atoms with Crippen LogP contribution >= 0.6 is 0 Å². The van der Waals surface area contributed by atoms with E-state index in [0.717, 1.165) is 45.2 Å². The van der Waals surface area contributed by atoms with Gasteiger partial charge in [-0.05, 0) is 40.3 Å². The second-order valence-electron chi connectivity index (χ2n) is 8.89.